The van der Waals surface area contributed by atoms with E-state index in [9.17, 15) is 13.2 Å². The molecule has 1 heterocycles. The molecule has 1 amide bonds. The molecule has 3 unspecified atom stereocenters. The number of fused-ring (bicyclic) bond motifs is 2. The van der Waals surface area contributed by atoms with E-state index >= 15 is 0 Å². The van der Waals surface area contributed by atoms with Crippen molar-refractivity contribution in [2.75, 3.05) is 58.5 Å². The van der Waals surface area contributed by atoms with Crippen LogP contribution in [0.2, 0.25) is 0 Å². The number of ether oxygens (including phenoxy) is 2. The molecule has 1 saturated heterocycles. The van der Waals surface area contributed by atoms with Crippen molar-refractivity contribution < 1.29 is 22.7 Å². The van der Waals surface area contributed by atoms with Crippen molar-refractivity contribution in [1.29, 1.82) is 0 Å². The molecule has 4 rings (SSSR count). The van der Waals surface area contributed by atoms with Gasteiger partial charge in [-0.2, -0.15) is 4.31 Å². The normalized spacial score (nSPS) is 28.7. The van der Waals surface area contributed by atoms with Crippen LogP contribution in [0.1, 0.15) is 50.4 Å². The molecule has 3 atom stereocenters. The highest BCUT2D eigenvalue weighted by atomic mass is 32.2. The number of carbonyl (C=O) groups is 1. The lowest BCUT2D eigenvalue weighted by molar-refractivity contribution is 0.0728. The second kappa shape index (κ2) is 9.41. The van der Waals surface area contributed by atoms with Gasteiger partial charge in [-0.1, -0.05) is 20.8 Å². The van der Waals surface area contributed by atoms with E-state index in [1.807, 2.05) is 11.9 Å². The Hall–Kier alpha value is -1.68. The number of nitrogens with zero attached hydrogens (tertiary/aromatic N) is 2. The van der Waals surface area contributed by atoms with Gasteiger partial charge in [-0.25, -0.2) is 8.42 Å². The first-order valence-corrected chi connectivity index (χ1v) is 13.7. The average molecular weight is 494 g/mol. The summed E-state index contributed by atoms with van der Waals surface area (Å²) < 4.78 is 39.3. The number of rotatable bonds is 8. The molecule has 0 aromatic heterocycles. The Morgan fingerprint density at radius 2 is 1.97 bits per heavy atom. The monoisotopic (exact) mass is 493 g/mol. The number of hydrogen-bond donors (Lipinski definition) is 1. The van der Waals surface area contributed by atoms with Crippen molar-refractivity contribution in [1.82, 2.24) is 9.62 Å². The van der Waals surface area contributed by atoms with Gasteiger partial charge in [0.05, 0.1) is 25.5 Å². The van der Waals surface area contributed by atoms with Crippen LogP contribution in [0.3, 0.4) is 0 Å². The van der Waals surface area contributed by atoms with Crippen LogP contribution in [0.25, 0.3) is 0 Å². The van der Waals surface area contributed by atoms with Gasteiger partial charge >= 0.3 is 0 Å². The SMILES string of the molecule is COCCN(C)c1ccc(C(=O)NC2C3(C)CCC(C3)C2(C)C)cc1S(=O)(=O)N1CCOCC1. The Labute approximate surface area is 204 Å². The molecule has 2 saturated carbocycles. The van der Waals surface area contributed by atoms with Gasteiger partial charge in [0.25, 0.3) is 5.91 Å². The van der Waals surface area contributed by atoms with Crippen LogP contribution in [0, 0.1) is 16.7 Å². The Balaban J connectivity index is 1.66. The maximum Gasteiger partial charge on any atom is 0.251 e. The van der Waals surface area contributed by atoms with E-state index in [4.69, 9.17) is 9.47 Å². The summed E-state index contributed by atoms with van der Waals surface area (Å²) >= 11 is 0. The zero-order chi connectivity index (χ0) is 24.7. The zero-order valence-corrected chi connectivity index (χ0v) is 21.9. The smallest absolute Gasteiger partial charge is 0.251 e. The van der Waals surface area contributed by atoms with Crippen molar-refractivity contribution in [3.8, 4) is 0 Å². The van der Waals surface area contributed by atoms with E-state index in [-0.39, 0.29) is 27.7 Å². The summed E-state index contributed by atoms with van der Waals surface area (Å²) in [6.45, 7) is 9.09. The lowest BCUT2D eigenvalue weighted by Gasteiger charge is -2.43. The highest BCUT2D eigenvalue weighted by molar-refractivity contribution is 7.89. The van der Waals surface area contributed by atoms with Gasteiger partial charge in [0.2, 0.25) is 10.0 Å². The number of morpholine rings is 1. The van der Waals surface area contributed by atoms with E-state index < -0.39 is 10.0 Å². The molecular weight excluding hydrogens is 454 g/mol. The van der Waals surface area contributed by atoms with Crippen LogP contribution in [0.5, 0.6) is 0 Å². The molecule has 0 radical (unpaired) electrons. The van der Waals surface area contributed by atoms with Gasteiger partial charge < -0.3 is 19.7 Å². The summed E-state index contributed by atoms with van der Waals surface area (Å²) in [4.78, 5) is 15.5. The fourth-order valence-corrected chi connectivity index (χ4v) is 8.00. The average Bonchev–Trinajstić information content (AvgIpc) is 3.31. The molecule has 2 bridgehead atoms. The number of anilines is 1. The first-order valence-electron chi connectivity index (χ1n) is 12.2. The molecule has 1 aromatic carbocycles. The quantitative estimate of drug-likeness (QED) is 0.599. The van der Waals surface area contributed by atoms with Gasteiger partial charge in [0.1, 0.15) is 4.90 Å². The number of sulfonamides is 1. The Morgan fingerprint density at radius 3 is 2.59 bits per heavy atom. The van der Waals surface area contributed by atoms with E-state index in [1.54, 1.807) is 25.3 Å². The molecule has 3 fully saturated rings. The second-order valence-electron chi connectivity index (χ2n) is 10.9. The van der Waals surface area contributed by atoms with Crippen LogP contribution in [-0.2, 0) is 19.5 Å². The standard InChI is InChI=1S/C25H39N3O5S/c1-24(2)19-8-9-25(3,17-19)23(24)26-22(29)18-6-7-20(27(4)10-13-32-5)21(16-18)34(30,31)28-11-14-33-15-12-28/h6-7,16,19,23H,8-15,17H2,1-5H3,(H,26,29). The van der Waals surface area contributed by atoms with E-state index in [0.29, 0.717) is 56.6 Å². The molecular formula is C25H39N3O5S. The third-order valence-electron chi connectivity index (χ3n) is 8.40. The molecule has 190 valence electrons. The highest BCUT2D eigenvalue weighted by Gasteiger charge is 2.59. The van der Waals surface area contributed by atoms with Gasteiger partial charge in [-0.3, -0.25) is 4.79 Å². The molecule has 2 aliphatic carbocycles. The number of carbonyl (C=O) groups excluding carboxylic acids is 1. The van der Waals surface area contributed by atoms with E-state index in [1.165, 1.54) is 10.7 Å². The maximum absolute atomic E-state index is 13.6. The second-order valence-corrected chi connectivity index (χ2v) is 12.8. The molecule has 3 aliphatic rings. The summed E-state index contributed by atoms with van der Waals surface area (Å²) in [5, 5.41) is 3.30. The molecule has 8 nitrogen and oxygen atoms in total. The van der Waals surface area contributed by atoms with Gasteiger partial charge in [0.15, 0.2) is 0 Å². The van der Waals surface area contributed by atoms with Gasteiger partial charge in [0, 0.05) is 45.4 Å². The van der Waals surface area contributed by atoms with Gasteiger partial charge in [-0.05, 0) is 54.2 Å². The summed E-state index contributed by atoms with van der Waals surface area (Å²) in [5.74, 6) is 0.397. The minimum atomic E-state index is -3.80. The van der Waals surface area contributed by atoms with Crippen LogP contribution >= 0.6 is 0 Å². The van der Waals surface area contributed by atoms with Crippen LogP contribution in [0.4, 0.5) is 5.69 Å². The Kier molecular flexibility index (Phi) is 7.03. The van der Waals surface area contributed by atoms with Crippen molar-refractivity contribution >= 4 is 21.6 Å². The fourth-order valence-electron chi connectivity index (χ4n) is 6.33. The van der Waals surface area contributed by atoms with Crippen molar-refractivity contribution in [2.45, 2.75) is 51.0 Å². The number of hydrogen-bond acceptors (Lipinski definition) is 6. The van der Waals surface area contributed by atoms with Gasteiger partial charge in [-0.15, -0.1) is 0 Å². The largest absolute Gasteiger partial charge is 0.383 e. The molecule has 1 N–H and O–H groups in total. The number of benzene rings is 1. The summed E-state index contributed by atoms with van der Waals surface area (Å²) in [7, 11) is -0.345. The Bertz CT molecular complexity index is 1020. The molecule has 1 aromatic rings. The minimum absolute atomic E-state index is 0.0195. The first-order chi connectivity index (χ1) is 16.0. The first kappa shape index (κ1) is 25.4. The molecule has 34 heavy (non-hydrogen) atoms. The Morgan fingerprint density at radius 1 is 1.26 bits per heavy atom. The highest BCUT2D eigenvalue weighted by Crippen LogP contribution is 2.62. The number of methoxy groups -OCH3 is 1. The summed E-state index contributed by atoms with van der Waals surface area (Å²) in [6, 6.07) is 5.08. The number of nitrogens with one attached hydrogen (secondary N) is 1. The summed E-state index contributed by atoms with van der Waals surface area (Å²) in [5.41, 5.74) is 1.05. The molecule has 9 heteroatoms. The number of likely N-dealkylation sites (N-methyl/N-ethyl adjacent to an activating group) is 1. The predicted molar refractivity (Wildman–Crippen MR) is 132 cm³/mol. The van der Waals surface area contributed by atoms with E-state index in [2.05, 4.69) is 26.1 Å². The van der Waals surface area contributed by atoms with Crippen molar-refractivity contribution in [3.63, 3.8) is 0 Å². The lowest BCUT2D eigenvalue weighted by atomic mass is 9.68. The fraction of sp³-hybridized carbons (Fsp3) is 0.720. The van der Waals surface area contributed by atoms with Crippen LogP contribution in [0.15, 0.2) is 23.1 Å². The van der Waals surface area contributed by atoms with E-state index in [0.717, 1.165) is 12.8 Å². The van der Waals surface area contributed by atoms with Crippen molar-refractivity contribution in [3.05, 3.63) is 23.8 Å². The topological polar surface area (TPSA) is 88.2 Å². The molecule has 0 spiro atoms. The maximum atomic E-state index is 13.6. The third-order valence-corrected chi connectivity index (χ3v) is 10.3. The van der Waals surface area contributed by atoms with Crippen LogP contribution < -0.4 is 10.2 Å². The molecule has 1 aliphatic heterocycles. The van der Waals surface area contributed by atoms with Crippen LogP contribution in [-0.4, -0.2) is 78.3 Å². The summed E-state index contributed by atoms with van der Waals surface area (Å²) in [6.07, 6.45) is 3.46. The minimum Gasteiger partial charge on any atom is -0.383 e. The third kappa shape index (κ3) is 4.47. The predicted octanol–water partition coefficient (Wildman–Crippen LogP) is 2.73. The lowest BCUT2D eigenvalue weighted by Crippen LogP contribution is -2.52. The van der Waals surface area contributed by atoms with Crippen molar-refractivity contribution in [2.24, 2.45) is 16.7 Å². The number of amides is 1. The zero-order valence-electron chi connectivity index (χ0n) is 21.1.